The topological polar surface area (TPSA) is 40.2 Å². The number of hydrogen-bond donors (Lipinski definition) is 0. The van der Waals surface area contributed by atoms with Crippen molar-refractivity contribution in [3.63, 3.8) is 0 Å². The number of amides is 1. The molecule has 63 valence electrons. The predicted octanol–water partition coefficient (Wildman–Crippen LogP) is 1.53. The summed E-state index contributed by atoms with van der Waals surface area (Å²) in [7, 11) is 3.31. The molecule has 0 heterocycles. The standard InChI is InChI=1S/C9H10NO2/c1-10(2)9(12)7-4-3-5-8(11)6-7/h3-6H,1-2H3. The molecule has 1 rings (SSSR count). The maximum Gasteiger partial charge on any atom is 0.253 e. The van der Waals surface area contributed by atoms with Gasteiger partial charge >= 0.3 is 0 Å². The van der Waals surface area contributed by atoms with Crippen LogP contribution in [0, 0.1) is 0 Å². The fourth-order valence-electron chi connectivity index (χ4n) is 0.887. The second-order valence-corrected chi connectivity index (χ2v) is 2.73. The fourth-order valence-corrected chi connectivity index (χ4v) is 0.887. The van der Waals surface area contributed by atoms with E-state index >= 15 is 0 Å². The number of carbonyl (C=O) groups is 1. The van der Waals surface area contributed by atoms with Crippen LogP contribution in [-0.4, -0.2) is 24.9 Å². The van der Waals surface area contributed by atoms with Crippen LogP contribution in [0.2, 0.25) is 0 Å². The van der Waals surface area contributed by atoms with Gasteiger partial charge in [-0.1, -0.05) is 6.07 Å². The van der Waals surface area contributed by atoms with E-state index in [1.807, 2.05) is 0 Å². The van der Waals surface area contributed by atoms with Crippen molar-refractivity contribution in [2.24, 2.45) is 0 Å². The van der Waals surface area contributed by atoms with Crippen molar-refractivity contribution in [1.82, 2.24) is 4.90 Å². The predicted molar refractivity (Wildman–Crippen MR) is 44.6 cm³/mol. The smallest absolute Gasteiger partial charge is 0.253 e. The minimum absolute atomic E-state index is 0.136. The molecule has 0 fully saturated rings. The first-order valence-corrected chi connectivity index (χ1v) is 3.60. The summed E-state index contributed by atoms with van der Waals surface area (Å²) in [5.41, 5.74) is 0.438. The Morgan fingerprint density at radius 1 is 1.33 bits per heavy atom. The summed E-state index contributed by atoms with van der Waals surface area (Å²) in [5, 5.41) is 10.8. The maximum absolute atomic E-state index is 11.3. The summed E-state index contributed by atoms with van der Waals surface area (Å²) in [6.07, 6.45) is 0. The lowest BCUT2D eigenvalue weighted by molar-refractivity contribution is 0.0827. The van der Waals surface area contributed by atoms with E-state index < -0.39 is 0 Å². The SMILES string of the molecule is CN(C)C(=O)c1cccc([O])c1. The van der Waals surface area contributed by atoms with Gasteiger partial charge in [0.05, 0.1) is 0 Å². The fraction of sp³-hybridized carbons (Fsp3) is 0.222. The molecule has 0 spiro atoms. The van der Waals surface area contributed by atoms with Gasteiger partial charge in [0, 0.05) is 19.7 Å². The van der Waals surface area contributed by atoms with Gasteiger partial charge in [-0.2, -0.15) is 0 Å². The number of rotatable bonds is 1. The molecular weight excluding hydrogens is 154 g/mol. The van der Waals surface area contributed by atoms with Crippen molar-refractivity contribution in [3.05, 3.63) is 29.8 Å². The van der Waals surface area contributed by atoms with Gasteiger partial charge in [-0.15, -0.1) is 0 Å². The van der Waals surface area contributed by atoms with Gasteiger partial charge in [-0.05, 0) is 18.2 Å². The van der Waals surface area contributed by atoms with Gasteiger partial charge in [-0.25, -0.2) is 0 Å². The largest absolute Gasteiger partial charge is 0.345 e. The Bertz CT molecular complexity index is 294. The van der Waals surface area contributed by atoms with Gasteiger partial charge in [0.15, 0.2) is 5.75 Å². The Morgan fingerprint density at radius 2 is 2.00 bits per heavy atom. The van der Waals surface area contributed by atoms with Crippen LogP contribution in [0.4, 0.5) is 0 Å². The number of carbonyl (C=O) groups excluding carboxylic acids is 1. The first-order chi connectivity index (χ1) is 5.61. The summed E-state index contributed by atoms with van der Waals surface area (Å²) < 4.78 is 0. The Balaban J connectivity index is 2.96. The Kier molecular flexibility index (Phi) is 2.33. The number of benzene rings is 1. The Morgan fingerprint density at radius 3 is 2.50 bits per heavy atom. The van der Waals surface area contributed by atoms with Gasteiger partial charge in [-0.3, -0.25) is 9.90 Å². The molecule has 3 nitrogen and oxygen atoms in total. The van der Waals surface area contributed by atoms with E-state index in [0.29, 0.717) is 5.56 Å². The zero-order chi connectivity index (χ0) is 9.14. The zero-order valence-corrected chi connectivity index (χ0v) is 7.07. The van der Waals surface area contributed by atoms with Crippen LogP contribution in [0.3, 0.4) is 0 Å². The van der Waals surface area contributed by atoms with E-state index in [0.717, 1.165) is 0 Å². The van der Waals surface area contributed by atoms with Gasteiger partial charge in [0.2, 0.25) is 0 Å². The van der Waals surface area contributed by atoms with Crippen LogP contribution in [0.1, 0.15) is 10.4 Å². The molecular formula is C9H10NO2. The summed E-state index contributed by atoms with van der Waals surface area (Å²) in [5.74, 6) is -0.282. The summed E-state index contributed by atoms with van der Waals surface area (Å²) in [4.78, 5) is 12.7. The van der Waals surface area contributed by atoms with E-state index in [1.165, 1.54) is 17.0 Å². The molecule has 0 bridgehead atoms. The molecule has 0 unspecified atom stereocenters. The minimum Gasteiger partial charge on any atom is -0.345 e. The summed E-state index contributed by atoms with van der Waals surface area (Å²) >= 11 is 0. The third-order valence-corrected chi connectivity index (χ3v) is 1.49. The van der Waals surface area contributed by atoms with Gasteiger partial charge in [0.25, 0.3) is 5.91 Å². The Labute approximate surface area is 71.2 Å². The third kappa shape index (κ3) is 1.75. The maximum atomic E-state index is 11.3. The summed E-state index contributed by atoms with van der Waals surface area (Å²) in [6.45, 7) is 0. The number of nitrogens with zero attached hydrogens (tertiary/aromatic N) is 1. The Hall–Kier alpha value is -1.51. The third-order valence-electron chi connectivity index (χ3n) is 1.49. The average Bonchev–Trinajstić information content (AvgIpc) is 2.03. The average molecular weight is 164 g/mol. The molecule has 1 aromatic rings. The lowest BCUT2D eigenvalue weighted by Crippen LogP contribution is -2.21. The summed E-state index contributed by atoms with van der Waals surface area (Å²) in [6, 6.07) is 5.97. The van der Waals surface area contributed by atoms with Crippen molar-refractivity contribution >= 4 is 5.91 Å². The molecule has 1 radical (unpaired) electrons. The highest BCUT2D eigenvalue weighted by Crippen LogP contribution is 2.12. The van der Waals surface area contributed by atoms with E-state index in [2.05, 4.69) is 0 Å². The van der Waals surface area contributed by atoms with Gasteiger partial charge < -0.3 is 4.90 Å². The zero-order valence-electron chi connectivity index (χ0n) is 7.07. The molecule has 0 aromatic heterocycles. The van der Waals surface area contributed by atoms with E-state index in [1.54, 1.807) is 26.2 Å². The van der Waals surface area contributed by atoms with Crippen LogP contribution >= 0.6 is 0 Å². The highest BCUT2D eigenvalue weighted by Gasteiger charge is 2.07. The lowest BCUT2D eigenvalue weighted by atomic mass is 10.2. The van der Waals surface area contributed by atoms with Crippen molar-refractivity contribution in [1.29, 1.82) is 0 Å². The van der Waals surface area contributed by atoms with E-state index in [-0.39, 0.29) is 11.7 Å². The minimum atomic E-state index is -0.146. The van der Waals surface area contributed by atoms with Crippen LogP contribution in [0.15, 0.2) is 24.3 Å². The van der Waals surface area contributed by atoms with Gasteiger partial charge in [0.1, 0.15) is 0 Å². The molecule has 0 saturated carbocycles. The van der Waals surface area contributed by atoms with Crippen molar-refractivity contribution in [3.8, 4) is 5.75 Å². The highest BCUT2D eigenvalue weighted by molar-refractivity contribution is 5.94. The van der Waals surface area contributed by atoms with Crippen LogP contribution < -0.4 is 0 Å². The monoisotopic (exact) mass is 164 g/mol. The molecule has 12 heavy (non-hydrogen) atoms. The molecule has 0 saturated heterocycles. The van der Waals surface area contributed by atoms with Crippen LogP contribution in [-0.2, 0) is 5.11 Å². The van der Waals surface area contributed by atoms with Crippen molar-refractivity contribution in [2.45, 2.75) is 0 Å². The van der Waals surface area contributed by atoms with Crippen molar-refractivity contribution in [2.75, 3.05) is 14.1 Å². The molecule has 0 aliphatic carbocycles. The molecule has 1 aromatic carbocycles. The molecule has 1 amide bonds. The second kappa shape index (κ2) is 3.26. The molecule has 3 heteroatoms. The lowest BCUT2D eigenvalue weighted by Gasteiger charge is -2.09. The first-order valence-electron chi connectivity index (χ1n) is 3.60. The highest BCUT2D eigenvalue weighted by atomic mass is 16.3. The van der Waals surface area contributed by atoms with Crippen LogP contribution in [0.25, 0.3) is 0 Å². The first kappa shape index (κ1) is 8.59. The molecule has 0 N–H and O–H groups in total. The van der Waals surface area contributed by atoms with Crippen molar-refractivity contribution < 1.29 is 9.90 Å². The number of hydrogen-bond acceptors (Lipinski definition) is 1. The molecule has 0 atom stereocenters. The van der Waals surface area contributed by atoms with E-state index in [9.17, 15) is 9.90 Å². The quantitative estimate of drug-likeness (QED) is 0.620. The normalized spacial score (nSPS) is 9.50. The van der Waals surface area contributed by atoms with E-state index in [4.69, 9.17) is 0 Å². The molecule has 0 aliphatic rings. The van der Waals surface area contributed by atoms with Crippen LogP contribution in [0.5, 0.6) is 5.75 Å². The second-order valence-electron chi connectivity index (χ2n) is 2.73. The molecule has 0 aliphatic heterocycles.